The predicted molar refractivity (Wildman–Crippen MR) is 104 cm³/mol. The zero-order valence-electron chi connectivity index (χ0n) is 15.9. The van der Waals surface area contributed by atoms with Crippen LogP contribution in [0.25, 0.3) is 0 Å². The van der Waals surface area contributed by atoms with Gasteiger partial charge in [-0.2, -0.15) is 0 Å². The third-order valence-corrected chi connectivity index (χ3v) is 6.11. The number of benzene rings is 2. The number of methoxy groups -OCH3 is 1. The van der Waals surface area contributed by atoms with E-state index in [0.717, 1.165) is 17.7 Å². The van der Waals surface area contributed by atoms with Gasteiger partial charge in [0.2, 0.25) is 0 Å². The summed E-state index contributed by atoms with van der Waals surface area (Å²) in [5.74, 6) is 1.99. The van der Waals surface area contributed by atoms with Gasteiger partial charge in [0.05, 0.1) is 17.9 Å². The molecule has 0 spiro atoms. The highest BCUT2D eigenvalue weighted by molar-refractivity contribution is 7.90. The van der Waals surface area contributed by atoms with E-state index < -0.39 is 15.4 Å². The van der Waals surface area contributed by atoms with Crippen molar-refractivity contribution in [3.05, 3.63) is 66.1 Å². The monoisotopic (exact) mass is 388 g/mol. The van der Waals surface area contributed by atoms with Crippen LogP contribution < -0.4 is 9.47 Å². The molecule has 0 radical (unpaired) electrons. The molecule has 2 aromatic carbocycles. The number of sulfone groups is 1. The first-order chi connectivity index (χ1) is 12.8. The van der Waals surface area contributed by atoms with E-state index in [2.05, 4.69) is 6.92 Å². The Labute approximate surface area is 160 Å². The van der Waals surface area contributed by atoms with Crippen LogP contribution in [-0.2, 0) is 14.6 Å². The van der Waals surface area contributed by atoms with Crippen molar-refractivity contribution in [1.82, 2.24) is 0 Å². The summed E-state index contributed by atoms with van der Waals surface area (Å²) in [5.41, 5.74) is 0.484. The van der Waals surface area contributed by atoms with Gasteiger partial charge in [0.15, 0.2) is 9.84 Å². The molecular formula is C21H24O5S. The lowest BCUT2D eigenvalue weighted by Gasteiger charge is -2.31. The Hall–Kier alpha value is -2.47. The van der Waals surface area contributed by atoms with Crippen molar-refractivity contribution in [3.8, 4) is 11.5 Å². The molecule has 144 valence electrons. The van der Waals surface area contributed by atoms with Crippen molar-refractivity contribution < 1.29 is 22.6 Å². The molecule has 0 aliphatic carbocycles. The number of hydrogen-bond donors (Lipinski definition) is 0. The summed E-state index contributed by atoms with van der Waals surface area (Å²) in [7, 11) is -1.62. The van der Waals surface area contributed by atoms with Gasteiger partial charge >= 0.3 is 0 Å². The molecule has 1 heterocycles. The quantitative estimate of drug-likeness (QED) is 0.738. The van der Waals surface area contributed by atoms with E-state index in [-0.39, 0.29) is 5.92 Å². The maximum Gasteiger partial charge on any atom is 0.175 e. The molecule has 0 amide bonds. The molecule has 0 saturated heterocycles. The van der Waals surface area contributed by atoms with E-state index in [1.165, 1.54) is 6.26 Å². The molecule has 0 bridgehead atoms. The highest BCUT2D eigenvalue weighted by Gasteiger charge is 2.44. The van der Waals surface area contributed by atoms with Gasteiger partial charge in [-0.3, -0.25) is 0 Å². The van der Waals surface area contributed by atoms with E-state index in [0.29, 0.717) is 16.4 Å². The average molecular weight is 388 g/mol. The number of hydrogen-bond acceptors (Lipinski definition) is 5. The van der Waals surface area contributed by atoms with Gasteiger partial charge in [0, 0.05) is 6.26 Å². The Morgan fingerprint density at radius 3 is 2.15 bits per heavy atom. The highest BCUT2D eigenvalue weighted by atomic mass is 32.2. The van der Waals surface area contributed by atoms with E-state index in [1.807, 2.05) is 43.3 Å². The van der Waals surface area contributed by atoms with Crippen LogP contribution in [0.4, 0.5) is 0 Å². The largest absolute Gasteiger partial charge is 0.497 e. The van der Waals surface area contributed by atoms with Gasteiger partial charge in [-0.25, -0.2) is 8.42 Å². The van der Waals surface area contributed by atoms with Gasteiger partial charge in [0.25, 0.3) is 0 Å². The molecule has 1 aliphatic rings. The number of ether oxygens (including phenoxy) is 3. The van der Waals surface area contributed by atoms with Gasteiger partial charge in [-0.1, -0.05) is 19.1 Å². The predicted octanol–water partition coefficient (Wildman–Crippen LogP) is 4.30. The lowest BCUT2D eigenvalue weighted by Crippen LogP contribution is -2.31. The van der Waals surface area contributed by atoms with Crippen LogP contribution in [0.2, 0.25) is 0 Å². The fourth-order valence-corrected chi connectivity index (χ4v) is 3.83. The summed E-state index contributed by atoms with van der Waals surface area (Å²) >= 11 is 0. The minimum atomic E-state index is -3.24. The maximum atomic E-state index is 11.7. The molecule has 2 atom stereocenters. The summed E-state index contributed by atoms with van der Waals surface area (Å²) < 4.78 is 40.7. The topological polar surface area (TPSA) is 61.8 Å². The summed E-state index contributed by atoms with van der Waals surface area (Å²) in [6.07, 6.45) is 3.63. The molecule has 1 unspecified atom stereocenters. The van der Waals surface area contributed by atoms with Crippen molar-refractivity contribution >= 4 is 9.84 Å². The molecule has 27 heavy (non-hydrogen) atoms. The van der Waals surface area contributed by atoms with Gasteiger partial charge in [-0.05, 0) is 55.3 Å². The van der Waals surface area contributed by atoms with Crippen molar-refractivity contribution in [3.63, 3.8) is 0 Å². The first-order valence-electron chi connectivity index (χ1n) is 8.76. The molecule has 0 saturated carbocycles. The van der Waals surface area contributed by atoms with Crippen LogP contribution in [0.3, 0.4) is 0 Å². The number of rotatable bonds is 6. The first kappa shape index (κ1) is 19.3. The SMILES string of the molecule is CC[C@@]1(C)OC=C(Oc2ccc(OC)cc2)C1c1ccc(S(C)(=O)=O)cc1. The Morgan fingerprint density at radius 1 is 1.04 bits per heavy atom. The molecule has 0 fully saturated rings. The zero-order chi connectivity index (χ0) is 19.7. The van der Waals surface area contributed by atoms with Crippen LogP contribution in [0.1, 0.15) is 31.7 Å². The first-order valence-corrected chi connectivity index (χ1v) is 10.7. The third-order valence-electron chi connectivity index (χ3n) is 4.98. The molecule has 1 aliphatic heterocycles. The third kappa shape index (κ3) is 3.95. The van der Waals surface area contributed by atoms with E-state index >= 15 is 0 Å². The van der Waals surface area contributed by atoms with Crippen molar-refractivity contribution in [1.29, 1.82) is 0 Å². The minimum absolute atomic E-state index is 0.141. The maximum absolute atomic E-state index is 11.7. The summed E-state index contributed by atoms with van der Waals surface area (Å²) in [5, 5.41) is 0. The summed E-state index contributed by atoms with van der Waals surface area (Å²) in [4.78, 5) is 0.296. The van der Waals surface area contributed by atoms with E-state index in [9.17, 15) is 8.42 Å². The standard InChI is InChI=1S/C21H24O5S/c1-5-21(2)20(15-6-12-18(13-7-15)27(4,22)23)19(14-25-21)26-17-10-8-16(24-3)9-11-17/h6-14,20H,5H2,1-4H3/t20?,21-/m1/s1. The molecular weight excluding hydrogens is 364 g/mol. The second kappa shape index (κ2) is 7.27. The highest BCUT2D eigenvalue weighted by Crippen LogP contribution is 2.45. The van der Waals surface area contributed by atoms with Gasteiger partial charge in [-0.15, -0.1) is 0 Å². The smallest absolute Gasteiger partial charge is 0.175 e. The lowest BCUT2D eigenvalue weighted by atomic mass is 9.81. The zero-order valence-corrected chi connectivity index (χ0v) is 16.7. The van der Waals surface area contributed by atoms with Crippen molar-refractivity contribution in [2.24, 2.45) is 0 Å². The van der Waals surface area contributed by atoms with Crippen LogP contribution in [-0.4, -0.2) is 27.4 Å². The molecule has 5 nitrogen and oxygen atoms in total. The van der Waals surface area contributed by atoms with E-state index in [1.54, 1.807) is 25.5 Å². The molecule has 2 aromatic rings. The second-order valence-electron chi connectivity index (χ2n) is 6.86. The fourth-order valence-electron chi connectivity index (χ4n) is 3.20. The normalized spacial score (nSPS) is 22.1. The summed E-state index contributed by atoms with van der Waals surface area (Å²) in [6, 6.07) is 14.3. The van der Waals surface area contributed by atoms with Crippen LogP contribution in [0.15, 0.2) is 65.4 Å². The van der Waals surface area contributed by atoms with Crippen LogP contribution >= 0.6 is 0 Å². The molecule has 6 heteroatoms. The second-order valence-corrected chi connectivity index (χ2v) is 8.87. The minimum Gasteiger partial charge on any atom is -0.497 e. The van der Waals surface area contributed by atoms with Crippen LogP contribution in [0, 0.1) is 0 Å². The van der Waals surface area contributed by atoms with Crippen molar-refractivity contribution in [2.45, 2.75) is 36.7 Å². The fraction of sp³-hybridized carbons (Fsp3) is 0.333. The molecule has 0 N–H and O–H groups in total. The lowest BCUT2D eigenvalue weighted by molar-refractivity contribution is 0.0428. The Kier molecular flexibility index (Phi) is 5.20. The molecule has 3 rings (SSSR count). The van der Waals surface area contributed by atoms with Crippen molar-refractivity contribution in [2.75, 3.05) is 13.4 Å². The Balaban J connectivity index is 1.91. The Bertz CT molecular complexity index is 930. The van der Waals surface area contributed by atoms with Gasteiger partial charge in [0.1, 0.15) is 29.1 Å². The Morgan fingerprint density at radius 2 is 1.63 bits per heavy atom. The van der Waals surface area contributed by atoms with Gasteiger partial charge < -0.3 is 14.2 Å². The van der Waals surface area contributed by atoms with Crippen LogP contribution in [0.5, 0.6) is 11.5 Å². The summed E-state index contributed by atoms with van der Waals surface area (Å²) in [6.45, 7) is 4.09. The molecule has 0 aromatic heterocycles. The average Bonchev–Trinajstić information content (AvgIpc) is 2.98. The van der Waals surface area contributed by atoms with E-state index in [4.69, 9.17) is 14.2 Å².